The van der Waals surface area contributed by atoms with Crippen molar-refractivity contribution >= 4 is 11.1 Å². The Kier molecular flexibility index (Phi) is 2.36. The van der Waals surface area contributed by atoms with Gasteiger partial charge in [0.1, 0.15) is 0 Å². The molecule has 4 heteroatoms. The van der Waals surface area contributed by atoms with E-state index in [1.807, 2.05) is 13.8 Å². The zero-order valence-electron chi connectivity index (χ0n) is 8.73. The van der Waals surface area contributed by atoms with E-state index < -0.39 is 0 Å². The van der Waals surface area contributed by atoms with E-state index in [0.29, 0.717) is 5.58 Å². The van der Waals surface area contributed by atoms with Crippen LogP contribution in [0.25, 0.3) is 11.1 Å². The van der Waals surface area contributed by atoms with Crippen LogP contribution < -0.4 is 5.76 Å². The highest BCUT2D eigenvalue weighted by atomic mass is 16.4. The SMILES string of the molecule is CC(C)n1c(=O)oc2ccc(CO)cc21. The molecule has 2 aromatic rings. The van der Waals surface area contributed by atoms with Gasteiger partial charge < -0.3 is 9.52 Å². The molecule has 0 amide bonds. The number of nitrogens with zero attached hydrogens (tertiary/aromatic N) is 1. The van der Waals surface area contributed by atoms with Gasteiger partial charge in [0.05, 0.1) is 12.1 Å². The molecule has 0 spiro atoms. The van der Waals surface area contributed by atoms with E-state index in [1.54, 1.807) is 22.8 Å². The molecule has 0 saturated carbocycles. The van der Waals surface area contributed by atoms with Crippen molar-refractivity contribution < 1.29 is 9.52 Å². The maximum absolute atomic E-state index is 11.5. The molecule has 1 heterocycles. The minimum atomic E-state index is -0.352. The fourth-order valence-electron chi connectivity index (χ4n) is 1.67. The molecule has 1 N–H and O–H groups in total. The van der Waals surface area contributed by atoms with Crippen LogP contribution in [0.4, 0.5) is 0 Å². The second-order valence-corrected chi connectivity index (χ2v) is 3.79. The summed E-state index contributed by atoms with van der Waals surface area (Å²) in [4.78, 5) is 11.5. The lowest BCUT2D eigenvalue weighted by Gasteiger charge is -2.05. The van der Waals surface area contributed by atoms with Crippen molar-refractivity contribution in [1.82, 2.24) is 4.57 Å². The molecular formula is C11H13NO3. The summed E-state index contributed by atoms with van der Waals surface area (Å²) in [6.07, 6.45) is 0. The van der Waals surface area contributed by atoms with Crippen molar-refractivity contribution in [2.75, 3.05) is 0 Å². The number of hydrogen-bond acceptors (Lipinski definition) is 3. The molecule has 4 nitrogen and oxygen atoms in total. The molecule has 80 valence electrons. The number of aliphatic hydroxyl groups excluding tert-OH is 1. The highest BCUT2D eigenvalue weighted by Gasteiger charge is 2.11. The average molecular weight is 207 g/mol. The number of oxazole rings is 1. The Bertz CT molecular complexity index is 536. The first kappa shape index (κ1) is 9.98. The Labute approximate surface area is 86.8 Å². The Balaban J connectivity index is 2.78. The number of aliphatic hydroxyl groups is 1. The van der Waals surface area contributed by atoms with E-state index in [0.717, 1.165) is 11.1 Å². The Morgan fingerprint density at radius 1 is 1.47 bits per heavy atom. The summed E-state index contributed by atoms with van der Waals surface area (Å²) >= 11 is 0. The van der Waals surface area contributed by atoms with Crippen molar-refractivity contribution in [3.8, 4) is 0 Å². The van der Waals surface area contributed by atoms with Gasteiger partial charge in [0.15, 0.2) is 5.58 Å². The summed E-state index contributed by atoms with van der Waals surface area (Å²) in [6.45, 7) is 3.80. The van der Waals surface area contributed by atoms with Gasteiger partial charge >= 0.3 is 5.76 Å². The molecular weight excluding hydrogens is 194 g/mol. The molecule has 1 aromatic heterocycles. The Hall–Kier alpha value is -1.55. The summed E-state index contributed by atoms with van der Waals surface area (Å²) in [5, 5.41) is 9.02. The first-order valence-corrected chi connectivity index (χ1v) is 4.88. The second kappa shape index (κ2) is 3.55. The maximum Gasteiger partial charge on any atom is 0.420 e. The number of rotatable bonds is 2. The smallest absolute Gasteiger partial charge is 0.408 e. The van der Waals surface area contributed by atoms with Crippen LogP contribution >= 0.6 is 0 Å². The molecule has 2 rings (SSSR count). The van der Waals surface area contributed by atoms with E-state index in [2.05, 4.69) is 0 Å². The van der Waals surface area contributed by atoms with Crippen LogP contribution in [-0.2, 0) is 6.61 Å². The third kappa shape index (κ3) is 1.57. The van der Waals surface area contributed by atoms with Gasteiger partial charge in [-0.25, -0.2) is 4.79 Å². The Morgan fingerprint density at radius 2 is 2.20 bits per heavy atom. The van der Waals surface area contributed by atoms with Crippen LogP contribution in [0, 0.1) is 0 Å². The number of aromatic nitrogens is 1. The second-order valence-electron chi connectivity index (χ2n) is 3.79. The molecule has 0 bridgehead atoms. The zero-order valence-corrected chi connectivity index (χ0v) is 8.73. The molecule has 0 atom stereocenters. The third-order valence-corrected chi connectivity index (χ3v) is 2.38. The van der Waals surface area contributed by atoms with Gasteiger partial charge in [0, 0.05) is 6.04 Å². The predicted molar refractivity (Wildman–Crippen MR) is 56.8 cm³/mol. The quantitative estimate of drug-likeness (QED) is 0.814. The topological polar surface area (TPSA) is 55.4 Å². The molecule has 15 heavy (non-hydrogen) atoms. The first-order valence-electron chi connectivity index (χ1n) is 4.88. The van der Waals surface area contributed by atoms with E-state index >= 15 is 0 Å². The van der Waals surface area contributed by atoms with Crippen LogP contribution in [0.15, 0.2) is 27.4 Å². The van der Waals surface area contributed by atoms with Crippen molar-refractivity contribution in [2.45, 2.75) is 26.5 Å². The minimum Gasteiger partial charge on any atom is -0.408 e. The predicted octanol–water partition coefficient (Wildman–Crippen LogP) is 1.67. The summed E-state index contributed by atoms with van der Waals surface area (Å²) in [7, 11) is 0. The monoisotopic (exact) mass is 207 g/mol. The van der Waals surface area contributed by atoms with Crippen LogP contribution in [0.1, 0.15) is 25.5 Å². The minimum absolute atomic E-state index is 0.0343. The molecule has 1 aromatic carbocycles. The van der Waals surface area contributed by atoms with Crippen molar-refractivity contribution in [3.05, 3.63) is 34.3 Å². The largest absolute Gasteiger partial charge is 0.420 e. The van der Waals surface area contributed by atoms with Gasteiger partial charge in [-0.15, -0.1) is 0 Å². The van der Waals surface area contributed by atoms with E-state index in [9.17, 15) is 4.79 Å². The standard InChI is InChI=1S/C11H13NO3/c1-7(2)12-9-5-8(6-13)3-4-10(9)15-11(12)14/h3-5,7,13H,6H2,1-2H3. The first-order chi connectivity index (χ1) is 7.13. The Morgan fingerprint density at radius 3 is 2.80 bits per heavy atom. The van der Waals surface area contributed by atoms with Crippen LogP contribution in [0.3, 0.4) is 0 Å². The highest BCUT2D eigenvalue weighted by Crippen LogP contribution is 2.18. The van der Waals surface area contributed by atoms with Crippen LogP contribution in [-0.4, -0.2) is 9.67 Å². The van der Waals surface area contributed by atoms with Crippen molar-refractivity contribution in [3.63, 3.8) is 0 Å². The summed E-state index contributed by atoms with van der Waals surface area (Å²) in [5.74, 6) is -0.352. The molecule has 0 aliphatic rings. The van der Waals surface area contributed by atoms with Crippen LogP contribution in [0.2, 0.25) is 0 Å². The van der Waals surface area contributed by atoms with Gasteiger partial charge in [0.25, 0.3) is 0 Å². The molecule has 0 radical (unpaired) electrons. The molecule has 0 fully saturated rings. The van der Waals surface area contributed by atoms with Crippen molar-refractivity contribution in [2.24, 2.45) is 0 Å². The van der Waals surface area contributed by atoms with Crippen LogP contribution in [0.5, 0.6) is 0 Å². The van der Waals surface area contributed by atoms with Gasteiger partial charge in [-0.2, -0.15) is 0 Å². The molecule has 0 saturated heterocycles. The van der Waals surface area contributed by atoms with Gasteiger partial charge in [-0.05, 0) is 31.5 Å². The van der Waals surface area contributed by atoms with Gasteiger partial charge in [0.2, 0.25) is 0 Å². The lowest BCUT2D eigenvalue weighted by molar-refractivity contribution is 0.282. The molecule has 0 aliphatic carbocycles. The third-order valence-electron chi connectivity index (χ3n) is 2.38. The fraction of sp³-hybridized carbons (Fsp3) is 0.364. The van der Waals surface area contributed by atoms with E-state index in [-0.39, 0.29) is 18.4 Å². The van der Waals surface area contributed by atoms with Gasteiger partial charge in [-0.3, -0.25) is 4.57 Å². The number of benzene rings is 1. The van der Waals surface area contributed by atoms with Crippen molar-refractivity contribution in [1.29, 1.82) is 0 Å². The zero-order chi connectivity index (χ0) is 11.0. The normalized spacial score (nSPS) is 11.5. The summed E-state index contributed by atoms with van der Waals surface area (Å²) in [5.41, 5.74) is 2.07. The number of hydrogen-bond donors (Lipinski definition) is 1. The average Bonchev–Trinajstić information content (AvgIpc) is 2.52. The van der Waals surface area contributed by atoms with Gasteiger partial charge in [-0.1, -0.05) is 6.07 Å². The van der Waals surface area contributed by atoms with E-state index in [1.165, 1.54) is 0 Å². The number of fused-ring (bicyclic) bond motifs is 1. The summed E-state index contributed by atoms with van der Waals surface area (Å²) < 4.78 is 6.66. The lowest BCUT2D eigenvalue weighted by Crippen LogP contribution is -2.15. The molecule has 0 aliphatic heterocycles. The summed E-state index contributed by atoms with van der Waals surface area (Å²) in [6, 6.07) is 5.28. The molecule has 0 unspecified atom stereocenters. The fourth-order valence-corrected chi connectivity index (χ4v) is 1.67. The maximum atomic E-state index is 11.5. The highest BCUT2D eigenvalue weighted by molar-refractivity contribution is 5.73. The van der Waals surface area contributed by atoms with E-state index in [4.69, 9.17) is 9.52 Å². The lowest BCUT2D eigenvalue weighted by atomic mass is 10.2.